The number of aliphatic carboxylic acids is 1. The summed E-state index contributed by atoms with van der Waals surface area (Å²) >= 11 is 0.970. The summed E-state index contributed by atoms with van der Waals surface area (Å²) < 4.78 is 41.8. The van der Waals surface area contributed by atoms with Crippen LogP contribution in [0, 0.1) is 0 Å². The summed E-state index contributed by atoms with van der Waals surface area (Å²) in [6.45, 7) is 5.66. The van der Waals surface area contributed by atoms with Crippen LogP contribution in [0.4, 0.5) is 5.13 Å². The molecule has 3 aliphatic rings. The Morgan fingerprint density at radius 1 is 1.38 bits per heavy atom. The standard InChI is InChI=1S/C29H37N9O10S2.CH2O2.2H2/c1-28(2)22(24(40)38(28)48-50(43,44)45)36-23(39)21(18-14-49-26(31)35-18)37-47-29(3,25(41)42)20-8-6-16-11-15(5-7-19(16)46-20)17-12-33-27(34-13-17)32-10-4-9-30;2-1-3;;/h5,7,11-12,14,20,22H,4,6,8-10,13,30H2,1-3H3,(H2,31,35)(H,36,39)(H,41,42)(H2,32,33,34)(H,43,44,45);1H,(H,2,3);2*1H/p+1/b37-21-;;;/t20-,22-,29+;;;/m1.../s1. The van der Waals surface area contributed by atoms with Crippen molar-refractivity contribution in [2.75, 3.05) is 25.4 Å². The van der Waals surface area contributed by atoms with E-state index in [4.69, 9.17) is 35.5 Å². The molecule has 0 unspecified atom stereocenters. The number of hydrogen-bond donors (Lipinski definition) is 9. The number of aromatic nitrogens is 1. The van der Waals surface area contributed by atoms with E-state index in [1.165, 1.54) is 26.2 Å². The molecule has 2 aromatic rings. The first-order valence-corrected chi connectivity index (χ1v) is 18.1. The number of carboxylic acids is 1. The van der Waals surface area contributed by atoms with Crippen LogP contribution < -0.4 is 37.1 Å². The van der Waals surface area contributed by atoms with E-state index in [-0.39, 0.29) is 26.6 Å². The van der Waals surface area contributed by atoms with Crippen molar-refractivity contribution in [1.82, 2.24) is 26.0 Å². The quantitative estimate of drug-likeness (QED) is 0.0266. The Morgan fingerprint density at radius 2 is 2.09 bits per heavy atom. The molecule has 0 spiro atoms. The van der Waals surface area contributed by atoms with Crippen LogP contribution in [0.1, 0.15) is 53.3 Å². The second kappa shape index (κ2) is 16.5. The normalized spacial score (nSPS) is 20.3. The smallest absolute Gasteiger partial charge is 0.418 e. The number of carbonyl (C=O) groups is 4. The fourth-order valence-corrected chi connectivity index (χ4v) is 6.43. The SMILES string of the molecule is CC1(C)[C@H](NC(=O)/C(=N\O[C@](C)(C(=O)O)[C@H]2CCc3cc(C4=CNC(NCCCN)=[NH+]C4)ccc3O2)c2csc(N)n2)C(=O)N1OS(=O)(=O)O.O=CO.[HH].[HH]. The van der Waals surface area contributed by atoms with E-state index in [0.717, 1.165) is 47.0 Å². The molecule has 1 saturated heterocycles. The third kappa shape index (κ3) is 9.36. The van der Waals surface area contributed by atoms with Crippen LogP contribution in [0.15, 0.2) is 34.9 Å². The summed E-state index contributed by atoms with van der Waals surface area (Å²) in [5.74, 6) is -2.17. The summed E-state index contributed by atoms with van der Waals surface area (Å²) in [6.07, 6.45) is 2.38. The molecule has 0 aliphatic carbocycles. The molecule has 1 aromatic heterocycles. The zero-order chi connectivity index (χ0) is 39.1. The minimum Gasteiger partial charge on any atom is -0.485 e. The van der Waals surface area contributed by atoms with E-state index in [1.807, 2.05) is 18.3 Å². The third-order valence-electron chi connectivity index (χ3n) is 8.37. The molecule has 1 aromatic carbocycles. The van der Waals surface area contributed by atoms with Crippen molar-refractivity contribution in [3.63, 3.8) is 0 Å². The van der Waals surface area contributed by atoms with Crippen LogP contribution in [0.5, 0.6) is 5.75 Å². The molecule has 0 radical (unpaired) electrons. The van der Waals surface area contributed by atoms with Gasteiger partial charge in [-0.25, -0.2) is 9.78 Å². The number of oxime groups is 1. The number of β-lactam (4-membered cyclic amide) rings is 1. The first-order valence-electron chi connectivity index (χ1n) is 15.9. The van der Waals surface area contributed by atoms with Crippen molar-refractivity contribution in [2.45, 2.75) is 63.3 Å². The van der Waals surface area contributed by atoms with Gasteiger partial charge in [-0.1, -0.05) is 11.2 Å². The zero-order valence-corrected chi connectivity index (χ0v) is 30.3. The first-order chi connectivity index (χ1) is 24.9. The average molecular weight is 787 g/mol. The van der Waals surface area contributed by atoms with Crippen LogP contribution in [-0.4, -0.2) is 112 Å². The minimum atomic E-state index is -5.03. The van der Waals surface area contributed by atoms with Crippen molar-refractivity contribution in [3.8, 4) is 5.75 Å². The number of nitrogen functional groups attached to an aromatic ring is 1. The van der Waals surface area contributed by atoms with Gasteiger partial charge >= 0.3 is 22.3 Å². The van der Waals surface area contributed by atoms with Gasteiger partial charge < -0.3 is 36.6 Å². The average Bonchev–Trinajstić information content (AvgIpc) is 3.54. The molecule has 4 heterocycles. The van der Waals surface area contributed by atoms with Gasteiger partial charge in [0, 0.05) is 13.8 Å². The van der Waals surface area contributed by atoms with Gasteiger partial charge in [0.2, 0.25) is 0 Å². The van der Waals surface area contributed by atoms with Crippen LogP contribution in [-0.2, 0) is 45.1 Å². The van der Waals surface area contributed by atoms with E-state index in [0.29, 0.717) is 30.3 Å². The van der Waals surface area contributed by atoms with Crippen molar-refractivity contribution in [1.29, 1.82) is 0 Å². The third-order valence-corrected chi connectivity index (χ3v) is 9.38. The number of nitrogens with zero attached hydrogens (tertiary/aromatic N) is 3. The number of hydroxylamine groups is 2. The number of fused-ring (bicyclic) bond motifs is 1. The summed E-state index contributed by atoms with van der Waals surface area (Å²) in [7, 11) is -5.03. The molecule has 1 fully saturated rings. The van der Waals surface area contributed by atoms with E-state index in [1.54, 1.807) is 6.07 Å². The summed E-state index contributed by atoms with van der Waals surface area (Å²) in [5, 5.41) is 31.8. The maximum absolute atomic E-state index is 13.5. The highest BCUT2D eigenvalue weighted by molar-refractivity contribution is 7.80. The number of rotatable bonds is 13. The van der Waals surface area contributed by atoms with Crippen LogP contribution in [0.2, 0.25) is 0 Å². The molecular formula is C30H44N9O12S2+. The topological polar surface area (TPSA) is 321 Å². The number of benzene rings is 1. The molecule has 53 heavy (non-hydrogen) atoms. The number of amides is 2. The number of carbonyl (C=O) groups excluding carboxylic acids is 2. The monoisotopic (exact) mass is 786 g/mol. The van der Waals surface area contributed by atoms with E-state index in [9.17, 15) is 27.9 Å². The Labute approximate surface area is 309 Å². The maximum Gasteiger partial charge on any atom is 0.418 e. The molecule has 21 nitrogen and oxygen atoms in total. The van der Waals surface area contributed by atoms with Gasteiger partial charge in [0.25, 0.3) is 23.9 Å². The summed E-state index contributed by atoms with van der Waals surface area (Å²) in [5.41, 5.74) is 10.0. The number of anilines is 1. The van der Waals surface area contributed by atoms with E-state index < -0.39 is 57.2 Å². The lowest BCUT2D eigenvalue weighted by Crippen LogP contribution is -2.80. The molecule has 3 aliphatic heterocycles. The number of carboxylic acid groups (broad SMARTS) is 2. The van der Waals surface area contributed by atoms with Crippen LogP contribution >= 0.6 is 11.3 Å². The van der Waals surface area contributed by atoms with Crippen molar-refractivity contribution < 1.29 is 64.1 Å². The molecule has 11 N–H and O–H groups in total. The largest absolute Gasteiger partial charge is 0.485 e. The minimum absolute atomic E-state index is 0. The number of nitrogens with one attached hydrogen (secondary N) is 4. The van der Waals surface area contributed by atoms with Gasteiger partial charge in [0.15, 0.2) is 16.9 Å². The highest BCUT2D eigenvalue weighted by Gasteiger charge is 2.58. The Balaban J connectivity index is 0.00000202. The number of thiazole rings is 1. The van der Waals surface area contributed by atoms with Crippen molar-refractivity contribution in [2.24, 2.45) is 10.9 Å². The zero-order valence-electron chi connectivity index (χ0n) is 28.7. The van der Waals surface area contributed by atoms with Crippen LogP contribution in [0.3, 0.4) is 0 Å². The molecule has 2 amide bonds. The Kier molecular flexibility index (Phi) is 12.6. The van der Waals surface area contributed by atoms with Gasteiger partial charge in [-0.2, -0.15) is 13.5 Å². The number of hydrogen-bond acceptors (Lipinski definition) is 16. The van der Waals surface area contributed by atoms with Gasteiger partial charge in [0.1, 0.15) is 17.5 Å². The number of ether oxygens (including phenoxy) is 1. The van der Waals surface area contributed by atoms with Gasteiger partial charge in [-0.15, -0.1) is 15.6 Å². The number of nitrogens with two attached hydrogens (primary N) is 2. The highest BCUT2D eigenvalue weighted by Crippen LogP contribution is 2.36. The molecule has 23 heteroatoms. The maximum atomic E-state index is 13.5. The molecule has 3 atom stereocenters. The van der Waals surface area contributed by atoms with E-state index >= 15 is 0 Å². The van der Waals surface area contributed by atoms with E-state index in [2.05, 4.69) is 35.4 Å². The molecule has 0 saturated carbocycles. The predicted molar refractivity (Wildman–Crippen MR) is 191 cm³/mol. The predicted octanol–water partition coefficient (Wildman–Crippen LogP) is -1.96. The summed E-state index contributed by atoms with van der Waals surface area (Å²) in [6, 6.07) is 4.26. The van der Waals surface area contributed by atoms with Gasteiger partial charge in [-0.05, 0) is 69.8 Å². The Hall–Kier alpha value is -5.36. The van der Waals surface area contributed by atoms with Crippen molar-refractivity contribution in [3.05, 3.63) is 46.6 Å². The number of guanidine groups is 1. The fraction of sp³-hybridized carbons (Fsp3) is 0.433. The lowest BCUT2D eigenvalue weighted by Gasteiger charge is -2.50. The summed E-state index contributed by atoms with van der Waals surface area (Å²) in [4.78, 5) is 60.1. The molecule has 292 valence electrons. The lowest BCUT2D eigenvalue weighted by atomic mass is 9.84. The Bertz CT molecular complexity index is 1940. The lowest BCUT2D eigenvalue weighted by molar-refractivity contribution is -0.447. The first kappa shape index (κ1) is 40.4. The molecular weight excluding hydrogens is 743 g/mol. The highest BCUT2D eigenvalue weighted by atomic mass is 32.3. The second-order valence-corrected chi connectivity index (χ2v) is 14.3. The fourth-order valence-electron chi connectivity index (χ4n) is 5.43. The molecule has 0 bridgehead atoms. The second-order valence-electron chi connectivity index (χ2n) is 12.4. The van der Waals surface area contributed by atoms with Gasteiger partial charge in [0.05, 0.1) is 24.8 Å². The van der Waals surface area contributed by atoms with Crippen LogP contribution in [0.25, 0.3) is 5.57 Å². The molecule has 5 rings (SSSR count). The Morgan fingerprint density at radius 3 is 2.66 bits per heavy atom. The van der Waals surface area contributed by atoms with Crippen molar-refractivity contribution >= 4 is 68.4 Å². The van der Waals surface area contributed by atoms with Gasteiger partial charge in [-0.3, -0.25) is 34.6 Å². The number of aryl methyl sites for hydroxylation is 1.